The van der Waals surface area contributed by atoms with E-state index in [0.29, 0.717) is 24.7 Å². The van der Waals surface area contributed by atoms with Gasteiger partial charge in [0.15, 0.2) is 5.82 Å². The first-order valence-electron chi connectivity index (χ1n) is 8.91. The number of nitrogens with zero attached hydrogens (tertiary/aromatic N) is 3. The van der Waals surface area contributed by atoms with Gasteiger partial charge in [0.2, 0.25) is 5.91 Å². The molecule has 3 aromatic rings. The van der Waals surface area contributed by atoms with Gasteiger partial charge in [0, 0.05) is 30.1 Å². The molecule has 1 fully saturated rings. The van der Waals surface area contributed by atoms with Crippen molar-refractivity contribution in [1.29, 1.82) is 0 Å². The number of methoxy groups -OCH3 is 1. The normalized spacial score (nSPS) is 16.8. The Hall–Kier alpha value is -3.15. The number of hydrogen-bond acceptors (Lipinski definition) is 5. The molecule has 6 heteroatoms. The van der Waals surface area contributed by atoms with E-state index in [-0.39, 0.29) is 11.8 Å². The SMILES string of the molecule is COc1ccc(-c2nc(C3CC(=O)N(c4ccc(C)cc4)C3)no2)c(C)c1. The van der Waals surface area contributed by atoms with E-state index in [1.807, 2.05) is 56.3 Å². The Kier molecular flexibility index (Phi) is 4.39. The zero-order chi connectivity index (χ0) is 19.0. The average Bonchev–Trinajstić information content (AvgIpc) is 3.29. The van der Waals surface area contributed by atoms with E-state index in [2.05, 4.69) is 10.1 Å². The van der Waals surface area contributed by atoms with Crippen molar-refractivity contribution >= 4 is 11.6 Å². The van der Waals surface area contributed by atoms with E-state index in [9.17, 15) is 4.79 Å². The van der Waals surface area contributed by atoms with Gasteiger partial charge in [-0.15, -0.1) is 0 Å². The maximum atomic E-state index is 12.5. The standard InChI is InChI=1S/C21H21N3O3/c1-13-4-6-16(7-5-13)24-12-15(11-19(24)25)20-22-21(27-23-20)18-9-8-17(26-3)10-14(18)2/h4-10,15H,11-12H2,1-3H3. The van der Waals surface area contributed by atoms with E-state index >= 15 is 0 Å². The van der Waals surface area contributed by atoms with Crippen molar-refractivity contribution in [3.05, 3.63) is 59.4 Å². The second-order valence-electron chi connectivity index (χ2n) is 6.88. The number of ether oxygens (including phenoxy) is 1. The third-order valence-electron chi connectivity index (χ3n) is 4.94. The van der Waals surface area contributed by atoms with Crippen molar-refractivity contribution in [1.82, 2.24) is 10.1 Å². The summed E-state index contributed by atoms with van der Waals surface area (Å²) in [5, 5.41) is 4.14. The smallest absolute Gasteiger partial charge is 0.258 e. The number of anilines is 1. The van der Waals surface area contributed by atoms with Crippen LogP contribution in [0.4, 0.5) is 5.69 Å². The van der Waals surface area contributed by atoms with Gasteiger partial charge < -0.3 is 14.2 Å². The Labute approximate surface area is 157 Å². The number of hydrogen-bond donors (Lipinski definition) is 0. The fourth-order valence-corrected chi connectivity index (χ4v) is 3.37. The molecular formula is C21H21N3O3. The van der Waals surface area contributed by atoms with Gasteiger partial charge in [0.1, 0.15) is 5.75 Å². The lowest BCUT2D eigenvalue weighted by molar-refractivity contribution is -0.117. The molecule has 27 heavy (non-hydrogen) atoms. The molecule has 1 saturated heterocycles. The molecule has 0 bridgehead atoms. The molecule has 1 aliphatic heterocycles. The Morgan fingerprint density at radius 3 is 2.63 bits per heavy atom. The molecule has 138 valence electrons. The molecule has 1 atom stereocenters. The van der Waals surface area contributed by atoms with Crippen LogP contribution >= 0.6 is 0 Å². The fraction of sp³-hybridized carbons (Fsp3) is 0.286. The molecule has 1 aliphatic rings. The Morgan fingerprint density at radius 1 is 1.15 bits per heavy atom. The largest absolute Gasteiger partial charge is 0.497 e. The van der Waals surface area contributed by atoms with Crippen molar-refractivity contribution in [3.63, 3.8) is 0 Å². The highest BCUT2D eigenvalue weighted by Gasteiger charge is 2.34. The third-order valence-corrected chi connectivity index (χ3v) is 4.94. The van der Waals surface area contributed by atoms with Gasteiger partial charge in [-0.1, -0.05) is 22.9 Å². The van der Waals surface area contributed by atoms with Crippen LogP contribution in [-0.4, -0.2) is 29.7 Å². The van der Waals surface area contributed by atoms with Gasteiger partial charge >= 0.3 is 0 Å². The van der Waals surface area contributed by atoms with Crippen LogP contribution in [0.1, 0.15) is 29.3 Å². The molecule has 2 aromatic carbocycles. The number of benzene rings is 2. The molecule has 0 N–H and O–H groups in total. The first-order chi connectivity index (χ1) is 13.0. The Morgan fingerprint density at radius 2 is 1.93 bits per heavy atom. The topological polar surface area (TPSA) is 68.5 Å². The van der Waals surface area contributed by atoms with E-state index in [4.69, 9.17) is 9.26 Å². The van der Waals surface area contributed by atoms with Gasteiger partial charge in [-0.05, 0) is 49.7 Å². The van der Waals surface area contributed by atoms with Gasteiger partial charge in [0.05, 0.1) is 7.11 Å². The lowest BCUT2D eigenvalue weighted by Gasteiger charge is -2.16. The summed E-state index contributed by atoms with van der Waals surface area (Å²) in [7, 11) is 1.64. The monoisotopic (exact) mass is 363 g/mol. The van der Waals surface area contributed by atoms with Gasteiger partial charge in [-0.3, -0.25) is 4.79 Å². The average molecular weight is 363 g/mol. The quantitative estimate of drug-likeness (QED) is 0.703. The summed E-state index contributed by atoms with van der Waals surface area (Å²) in [5.74, 6) is 1.83. The molecule has 0 radical (unpaired) electrons. The second-order valence-corrected chi connectivity index (χ2v) is 6.88. The molecule has 4 rings (SSSR count). The van der Waals surface area contributed by atoms with Crippen LogP contribution in [0.2, 0.25) is 0 Å². The summed E-state index contributed by atoms with van der Waals surface area (Å²) in [5.41, 5.74) is 3.94. The predicted octanol–water partition coefficient (Wildman–Crippen LogP) is 3.88. The lowest BCUT2D eigenvalue weighted by Crippen LogP contribution is -2.24. The van der Waals surface area contributed by atoms with Gasteiger partial charge in [0.25, 0.3) is 5.89 Å². The Bertz CT molecular complexity index is 979. The lowest BCUT2D eigenvalue weighted by atomic mass is 10.1. The summed E-state index contributed by atoms with van der Waals surface area (Å²) in [6.45, 7) is 4.56. The Balaban J connectivity index is 1.55. The number of amides is 1. The highest BCUT2D eigenvalue weighted by atomic mass is 16.5. The number of aromatic nitrogens is 2. The van der Waals surface area contributed by atoms with E-state index in [1.54, 1.807) is 12.0 Å². The van der Waals surface area contributed by atoms with Crippen LogP contribution in [0.5, 0.6) is 5.75 Å². The van der Waals surface area contributed by atoms with E-state index < -0.39 is 0 Å². The molecule has 2 heterocycles. The van der Waals surface area contributed by atoms with Crippen molar-refractivity contribution in [2.45, 2.75) is 26.2 Å². The molecule has 6 nitrogen and oxygen atoms in total. The van der Waals surface area contributed by atoms with Crippen molar-refractivity contribution in [2.24, 2.45) is 0 Å². The molecule has 0 aliphatic carbocycles. The third kappa shape index (κ3) is 3.30. The van der Waals surface area contributed by atoms with Crippen LogP contribution in [0.25, 0.3) is 11.5 Å². The number of rotatable bonds is 4. The minimum atomic E-state index is -0.0742. The van der Waals surface area contributed by atoms with Crippen molar-refractivity contribution < 1.29 is 14.1 Å². The van der Waals surface area contributed by atoms with E-state index in [1.165, 1.54) is 5.56 Å². The summed E-state index contributed by atoms with van der Waals surface area (Å²) in [4.78, 5) is 18.8. The highest BCUT2D eigenvalue weighted by molar-refractivity contribution is 5.96. The van der Waals surface area contributed by atoms with Crippen molar-refractivity contribution in [3.8, 4) is 17.2 Å². The predicted molar refractivity (Wildman–Crippen MR) is 102 cm³/mol. The van der Waals surface area contributed by atoms with Crippen LogP contribution in [0, 0.1) is 13.8 Å². The van der Waals surface area contributed by atoms with Crippen LogP contribution in [-0.2, 0) is 4.79 Å². The van der Waals surface area contributed by atoms with Gasteiger partial charge in [-0.25, -0.2) is 0 Å². The first kappa shape index (κ1) is 17.3. The van der Waals surface area contributed by atoms with Crippen molar-refractivity contribution in [2.75, 3.05) is 18.6 Å². The minimum Gasteiger partial charge on any atom is -0.497 e. The molecule has 1 aromatic heterocycles. The maximum Gasteiger partial charge on any atom is 0.258 e. The zero-order valence-electron chi connectivity index (χ0n) is 15.6. The van der Waals surface area contributed by atoms with Crippen LogP contribution < -0.4 is 9.64 Å². The molecule has 0 saturated carbocycles. The summed E-state index contributed by atoms with van der Waals surface area (Å²) in [6, 6.07) is 13.7. The minimum absolute atomic E-state index is 0.0742. The second kappa shape index (κ2) is 6.87. The summed E-state index contributed by atoms with van der Waals surface area (Å²) in [6.07, 6.45) is 0.383. The van der Waals surface area contributed by atoms with E-state index in [0.717, 1.165) is 22.6 Å². The number of aryl methyl sites for hydroxylation is 2. The number of carbonyl (C=O) groups excluding carboxylic acids is 1. The van der Waals surface area contributed by atoms with Crippen LogP contribution in [0.3, 0.4) is 0 Å². The molecule has 1 unspecified atom stereocenters. The summed E-state index contributed by atoms with van der Waals surface area (Å²) < 4.78 is 10.7. The van der Waals surface area contributed by atoms with Crippen LogP contribution in [0.15, 0.2) is 47.0 Å². The highest BCUT2D eigenvalue weighted by Crippen LogP contribution is 2.32. The maximum absolute atomic E-state index is 12.5. The fourth-order valence-electron chi connectivity index (χ4n) is 3.37. The number of carbonyl (C=O) groups is 1. The molecular weight excluding hydrogens is 342 g/mol. The summed E-state index contributed by atoms with van der Waals surface area (Å²) >= 11 is 0. The molecule has 1 amide bonds. The molecule has 0 spiro atoms. The first-order valence-corrected chi connectivity index (χ1v) is 8.91. The van der Waals surface area contributed by atoms with Gasteiger partial charge in [-0.2, -0.15) is 4.98 Å². The zero-order valence-corrected chi connectivity index (χ0v) is 15.6.